The van der Waals surface area contributed by atoms with Gasteiger partial charge < -0.3 is 5.73 Å². The minimum Gasteiger partial charge on any atom is -0.399 e. The first-order valence-electron chi connectivity index (χ1n) is 4.00. The van der Waals surface area contributed by atoms with E-state index >= 15 is 0 Å². The van der Waals surface area contributed by atoms with Gasteiger partial charge in [0.25, 0.3) is 0 Å². The van der Waals surface area contributed by atoms with Crippen LogP contribution >= 0.6 is 12.4 Å². The fourth-order valence-corrected chi connectivity index (χ4v) is 1.30. The Hall–Kier alpha value is -0.690. The molecule has 2 N–H and O–H groups in total. The van der Waals surface area contributed by atoms with Crippen molar-refractivity contribution in [2.75, 3.05) is 5.73 Å². The standard InChI is InChI=1S/C10H15N.ClH/c1-4-9-6-10(11)8(3)5-7(9)2;/h5-6H,4,11H2,1-3H3;1H. The summed E-state index contributed by atoms with van der Waals surface area (Å²) in [7, 11) is 0. The van der Waals surface area contributed by atoms with Crippen molar-refractivity contribution in [3.05, 3.63) is 28.8 Å². The summed E-state index contributed by atoms with van der Waals surface area (Å²) in [4.78, 5) is 0. The van der Waals surface area contributed by atoms with Gasteiger partial charge in [0.2, 0.25) is 0 Å². The van der Waals surface area contributed by atoms with Crippen LogP contribution in [0.2, 0.25) is 0 Å². The first-order valence-corrected chi connectivity index (χ1v) is 4.00. The van der Waals surface area contributed by atoms with Crippen molar-refractivity contribution in [3.63, 3.8) is 0 Å². The van der Waals surface area contributed by atoms with Crippen molar-refractivity contribution >= 4 is 18.1 Å². The van der Waals surface area contributed by atoms with Crippen molar-refractivity contribution in [1.29, 1.82) is 0 Å². The van der Waals surface area contributed by atoms with Crippen molar-refractivity contribution < 1.29 is 0 Å². The molecule has 0 heterocycles. The van der Waals surface area contributed by atoms with E-state index < -0.39 is 0 Å². The van der Waals surface area contributed by atoms with Gasteiger partial charge in [-0.3, -0.25) is 0 Å². The highest BCUT2D eigenvalue weighted by molar-refractivity contribution is 5.85. The summed E-state index contributed by atoms with van der Waals surface area (Å²) >= 11 is 0. The first kappa shape index (κ1) is 11.3. The fourth-order valence-electron chi connectivity index (χ4n) is 1.30. The van der Waals surface area contributed by atoms with E-state index in [0.29, 0.717) is 0 Å². The molecule has 0 aliphatic heterocycles. The molecule has 0 saturated heterocycles. The molecule has 0 saturated carbocycles. The van der Waals surface area contributed by atoms with Gasteiger partial charge in [0.15, 0.2) is 0 Å². The Morgan fingerprint density at radius 1 is 1.17 bits per heavy atom. The van der Waals surface area contributed by atoms with Crippen LogP contribution in [0.25, 0.3) is 0 Å². The topological polar surface area (TPSA) is 26.0 Å². The van der Waals surface area contributed by atoms with E-state index in [9.17, 15) is 0 Å². The molecule has 0 spiro atoms. The number of nitrogen functional groups attached to an aromatic ring is 1. The van der Waals surface area contributed by atoms with Crippen LogP contribution in [0.1, 0.15) is 23.6 Å². The second-order valence-corrected chi connectivity index (χ2v) is 2.99. The van der Waals surface area contributed by atoms with Gasteiger partial charge in [-0.1, -0.05) is 13.0 Å². The molecule has 0 fully saturated rings. The molecule has 1 aromatic carbocycles. The molecule has 1 nitrogen and oxygen atoms in total. The summed E-state index contributed by atoms with van der Waals surface area (Å²) in [5, 5.41) is 0. The summed E-state index contributed by atoms with van der Waals surface area (Å²) in [5.41, 5.74) is 10.6. The minimum atomic E-state index is 0. The molecule has 12 heavy (non-hydrogen) atoms. The van der Waals surface area contributed by atoms with Gasteiger partial charge in [-0.05, 0) is 43.0 Å². The summed E-state index contributed by atoms with van der Waals surface area (Å²) in [5.74, 6) is 0. The van der Waals surface area contributed by atoms with E-state index in [4.69, 9.17) is 5.73 Å². The third kappa shape index (κ3) is 2.15. The maximum atomic E-state index is 5.77. The molecule has 0 radical (unpaired) electrons. The highest BCUT2D eigenvalue weighted by Crippen LogP contribution is 2.17. The fraction of sp³-hybridized carbons (Fsp3) is 0.400. The van der Waals surface area contributed by atoms with Crippen LogP contribution in [0, 0.1) is 13.8 Å². The average Bonchev–Trinajstić information content (AvgIpc) is 1.97. The van der Waals surface area contributed by atoms with Gasteiger partial charge in [-0.2, -0.15) is 0 Å². The van der Waals surface area contributed by atoms with Crippen LogP contribution in [-0.2, 0) is 6.42 Å². The Labute approximate surface area is 80.4 Å². The van der Waals surface area contributed by atoms with Crippen LogP contribution in [0.4, 0.5) is 5.69 Å². The van der Waals surface area contributed by atoms with E-state index in [2.05, 4.69) is 26.0 Å². The van der Waals surface area contributed by atoms with E-state index in [-0.39, 0.29) is 12.4 Å². The smallest absolute Gasteiger partial charge is 0.0346 e. The number of anilines is 1. The second-order valence-electron chi connectivity index (χ2n) is 2.99. The Bertz CT molecular complexity index is 269. The predicted octanol–water partition coefficient (Wildman–Crippen LogP) is 2.87. The zero-order valence-corrected chi connectivity index (χ0v) is 8.66. The largest absolute Gasteiger partial charge is 0.399 e. The van der Waals surface area contributed by atoms with Gasteiger partial charge in [-0.25, -0.2) is 0 Å². The lowest BCUT2D eigenvalue weighted by molar-refractivity contribution is 1.10. The number of hydrogen-bond donors (Lipinski definition) is 1. The molecule has 0 amide bonds. The number of rotatable bonds is 1. The quantitative estimate of drug-likeness (QED) is 0.670. The maximum Gasteiger partial charge on any atom is 0.0346 e. The van der Waals surface area contributed by atoms with Crippen LogP contribution in [-0.4, -0.2) is 0 Å². The lowest BCUT2D eigenvalue weighted by atomic mass is 10.0. The van der Waals surface area contributed by atoms with Crippen molar-refractivity contribution in [2.45, 2.75) is 27.2 Å². The molecule has 2 heteroatoms. The normalized spacial score (nSPS) is 9.25. The van der Waals surface area contributed by atoms with Crippen molar-refractivity contribution in [3.8, 4) is 0 Å². The van der Waals surface area contributed by atoms with Crippen LogP contribution in [0.15, 0.2) is 12.1 Å². The molecule has 0 aliphatic rings. The Balaban J connectivity index is 0.00000121. The third-order valence-corrected chi connectivity index (χ3v) is 2.11. The highest BCUT2D eigenvalue weighted by Gasteiger charge is 1.98. The molecular formula is C10H16ClN. The summed E-state index contributed by atoms with van der Waals surface area (Å²) in [6, 6.07) is 4.22. The molecule has 0 bridgehead atoms. The first-order chi connectivity index (χ1) is 5.15. The molecule has 1 rings (SSSR count). The number of benzene rings is 1. The molecule has 0 atom stereocenters. The zero-order valence-electron chi connectivity index (χ0n) is 7.85. The monoisotopic (exact) mass is 185 g/mol. The van der Waals surface area contributed by atoms with E-state index in [1.807, 2.05) is 6.92 Å². The number of hydrogen-bond acceptors (Lipinski definition) is 1. The molecule has 1 aromatic rings. The summed E-state index contributed by atoms with van der Waals surface area (Å²) in [6.07, 6.45) is 1.07. The number of halogens is 1. The molecule has 0 aliphatic carbocycles. The lowest BCUT2D eigenvalue weighted by Crippen LogP contribution is -1.94. The number of nitrogens with two attached hydrogens (primary N) is 1. The molecular weight excluding hydrogens is 170 g/mol. The minimum absolute atomic E-state index is 0. The zero-order chi connectivity index (χ0) is 8.43. The third-order valence-electron chi connectivity index (χ3n) is 2.11. The van der Waals surface area contributed by atoms with E-state index in [1.54, 1.807) is 0 Å². The van der Waals surface area contributed by atoms with Gasteiger partial charge in [0, 0.05) is 5.69 Å². The van der Waals surface area contributed by atoms with Crippen molar-refractivity contribution in [2.24, 2.45) is 0 Å². The molecule has 68 valence electrons. The predicted molar refractivity (Wildman–Crippen MR) is 57.0 cm³/mol. The second kappa shape index (κ2) is 4.36. The average molecular weight is 186 g/mol. The number of aryl methyl sites for hydroxylation is 3. The molecule has 0 unspecified atom stereocenters. The van der Waals surface area contributed by atoms with Gasteiger partial charge >= 0.3 is 0 Å². The Morgan fingerprint density at radius 2 is 1.75 bits per heavy atom. The SMILES string of the molecule is CCc1cc(N)c(C)cc1C.Cl. The van der Waals surface area contributed by atoms with E-state index in [1.165, 1.54) is 16.7 Å². The summed E-state index contributed by atoms with van der Waals surface area (Å²) in [6.45, 7) is 6.32. The maximum absolute atomic E-state index is 5.77. The van der Waals surface area contributed by atoms with E-state index in [0.717, 1.165) is 12.1 Å². The molecule has 0 aromatic heterocycles. The lowest BCUT2D eigenvalue weighted by Gasteiger charge is -2.06. The van der Waals surface area contributed by atoms with Crippen LogP contribution in [0.3, 0.4) is 0 Å². The van der Waals surface area contributed by atoms with Crippen LogP contribution in [0.5, 0.6) is 0 Å². The van der Waals surface area contributed by atoms with Gasteiger partial charge in [0.05, 0.1) is 0 Å². The van der Waals surface area contributed by atoms with Crippen LogP contribution < -0.4 is 5.73 Å². The summed E-state index contributed by atoms with van der Waals surface area (Å²) < 4.78 is 0. The van der Waals surface area contributed by atoms with Gasteiger partial charge in [-0.15, -0.1) is 12.4 Å². The Morgan fingerprint density at radius 3 is 2.25 bits per heavy atom. The van der Waals surface area contributed by atoms with Gasteiger partial charge in [0.1, 0.15) is 0 Å². The highest BCUT2D eigenvalue weighted by atomic mass is 35.5. The Kier molecular flexibility index (Phi) is 4.11. The van der Waals surface area contributed by atoms with Crippen molar-refractivity contribution in [1.82, 2.24) is 0 Å².